The number of nitrogens with one attached hydrogen (secondary N) is 2. The third-order valence-electron chi connectivity index (χ3n) is 4.40. The Bertz CT molecular complexity index is 863. The van der Waals surface area contributed by atoms with Gasteiger partial charge in [-0.15, -0.1) is 0 Å². The molecule has 2 unspecified atom stereocenters. The predicted molar refractivity (Wildman–Crippen MR) is 128 cm³/mol. The molecule has 0 aliphatic carbocycles. The molecule has 2 atom stereocenters. The van der Waals surface area contributed by atoms with Crippen LogP contribution in [0.4, 0.5) is 4.79 Å². The highest BCUT2D eigenvalue weighted by Crippen LogP contribution is 2.33. The summed E-state index contributed by atoms with van der Waals surface area (Å²) in [5, 5.41) is 15.5. The molecule has 1 aromatic rings. The Morgan fingerprint density at radius 1 is 0.886 bits per heavy atom. The van der Waals surface area contributed by atoms with Gasteiger partial charge in [0.05, 0.1) is 33.4 Å². The number of carbonyl (C=O) groups is 3. The monoisotopic (exact) mass is 498 g/mol. The smallest absolute Gasteiger partial charge is 0.408 e. The van der Waals surface area contributed by atoms with Crippen LogP contribution in [0.15, 0.2) is 12.1 Å². The molecule has 0 saturated carbocycles. The fourth-order valence-corrected chi connectivity index (χ4v) is 2.91. The summed E-state index contributed by atoms with van der Waals surface area (Å²) in [4.78, 5) is 37.5. The zero-order valence-electron chi connectivity index (χ0n) is 21.9. The zero-order chi connectivity index (χ0) is 27.0. The average molecular weight is 499 g/mol. The van der Waals surface area contributed by atoms with Gasteiger partial charge in [0.1, 0.15) is 40.6 Å². The first-order valence-electron chi connectivity index (χ1n) is 11.1. The van der Waals surface area contributed by atoms with Crippen molar-refractivity contribution in [1.82, 2.24) is 10.6 Å². The van der Waals surface area contributed by atoms with Gasteiger partial charge in [0.15, 0.2) is 0 Å². The second-order valence-electron chi connectivity index (χ2n) is 9.71. The summed E-state index contributed by atoms with van der Waals surface area (Å²) in [6.07, 6.45) is -2.96. The molecule has 0 aromatic heterocycles. The Morgan fingerprint density at radius 2 is 1.40 bits per heavy atom. The molecular weight excluding hydrogens is 460 g/mol. The lowest BCUT2D eigenvalue weighted by molar-refractivity contribution is -0.158. The van der Waals surface area contributed by atoms with E-state index in [-0.39, 0.29) is 6.54 Å². The van der Waals surface area contributed by atoms with E-state index in [0.29, 0.717) is 22.8 Å². The molecule has 2 amide bonds. The topological polar surface area (TPSA) is 142 Å². The molecule has 11 heteroatoms. The number of amides is 2. The Morgan fingerprint density at radius 3 is 1.83 bits per heavy atom. The van der Waals surface area contributed by atoms with Crippen molar-refractivity contribution in [2.45, 2.75) is 77.9 Å². The van der Waals surface area contributed by atoms with Crippen LogP contribution in [0.1, 0.15) is 53.5 Å². The Labute approximate surface area is 206 Å². The lowest BCUT2D eigenvalue weighted by Gasteiger charge is -2.27. The summed E-state index contributed by atoms with van der Waals surface area (Å²) in [5.74, 6) is -0.260. The molecule has 3 N–H and O–H groups in total. The number of rotatable bonds is 10. The SMILES string of the molecule is COc1cc(OC)c(CNC(=O)C(O)CC(NC(=O)OC(C)(C)C)C(=O)OC(C)(C)C)c(OC)c1. The van der Waals surface area contributed by atoms with Crippen LogP contribution >= 0.6 is 0 Å². The van der Waals surface area contributed by atoms with Gasteiger partial charge < -0.3 is 39.4 Å². The number of carbonyl (C=O) groups excluding carboxylic acids is 3. The minimum Gasteiger partial charge on any atom is -0.496 e. The number of methoxy groups -OCH3 is 3. The number of alkyl carbamates (subject to hydrolysis) is 1. The van der Waals surface area contributed by atoms with E-state index in [0.717, 1.165) is 0 Å². The van der Waals surface area contributed by atoms with Gasteiger partial charge in [0.25, 0.3) is 0 Å². The maximum absolute atomic E-state index is 12.6. The lowest BCUT2D eigenvalue weighted by Crippen LogP contribution is -2.49. The van der Waals surface area contributed by atoms with Crippen LogP contribution < -0.4 is 24.8 Å². The van der Waals surface area contributed by atoms with Crippen molar-refractivity contribution in [1.29, 1.82) is 0 Å². The van der Waals surface area contributed by atoms with Crippen LogP contribution in [0, 0.1) is 0 Å². The largest absolute Gasteiger partial charge is 0.496 e. The summed E-state index contributed by atoms with van der Waals surface area (Å²) in [6.45, 7) is 9.94. The van der Waals surface area contributed by atoms with E-state index in [1.807, 2.05) is 0 Å². The molecule has 0 radical (unpaired) electrons. The third kappa shape index (κ3) is 10.3. The molecule has 198 valence electrons. The van der Waals surface area contributed by atoms with Gasteiger partial charge in [0.2, 0.25) is 5.91 Å². The number of aliphatic hydroxyl groups is 1. The van der Waals surface area contributed by atoms with Crippen LogP contribution in [-0.2, 0) is 25.6 Å². The van der Waals surface area contributed by atoms with E-state index in [9.17, 15) is 19.5 Å². The Kier molecular flexibility index (Phi) is 10.6. The van der Waals surface area contributed by atoms with Crippen LogP contribution in [0.3, 0.4) is 0 Å². The number of esters is 1. The maximum atomic E-state index is 12.6. The summed E-state index contributed by atoms with van der Waals surface area (Å²) in [7, 11) is 4.42. The first-order valence-corrected chi connectivity index (χ1v) is 11.1. The number of aliphatic hydroxyl groups excluding tert-OH is 1. The van der Waals surface area contributed by atoms with Crippen LogP contribution in [-0.4, -0.2) is 67.8 Å². The predicted octanol–water partition coefficient (Wildman–Crippen LogP) is 2.31. The Balaban J connectivity index is 2.97. The van der Waals surface area contributed by atoms with E-state index >= 15 is 0 Å². The molecule has 0 saturated heterocycles. The number of hydrogen-bond acceptors (Lipinski definition) is 9. The van der Waals surface area contributed by atoms with Gasteiger partial charge >= 0.3 is 12.1 Å². The fraction of sp³-hybridized carbons (Fsp3) is 0.625. The normalized spacial score (nSPS) is 13.2. The summed E-state index contributed by atoms with van der Waals surface area (Å²) < 4.78 is 26.4. The van der Waals surface area contributed by atoms with Crippen LogP contribution in [0.5, 0.6) is 17.2 Å². The van der Waals surface area contributed by atoms with Crippen LogP contribution in [0.25, 0.3) is 0 Å². The molecule has 35 heavy (non-hydrogen) atoms. The molecule has 11 nitrogen and oxygen atoms in total. The van der Waals surface area contributed by atoms with Gasteiger partial charge in [0, 0.05) is 18.6 Å². The minimum absolute atomic E-state index is 0.0389. The molecular formula is C24H38N2O9. The van der Waals surface area contributed by atoms with Crippen molar-refractivity contribution in [2.75, 3.05) is 21.3 Å². The van der Waals surface area contributed by atoms with Crippen molar-refractivity contribution >= 4 is 18.0 Å². The van der Waals surface area contributed by atoms with Crippen molar-refractivity contribution in [3.05, 3.63) is 17.7 Å². The molecule has 0 heterocycles. The van der Waals surface area contributed by atoms with Crippen molar-refractivity contribution in [2.24, 2.45) is 0 Å². The summed E-state index contributed by atoms with van der Waals surface area (Å²) in [6, 6.07) is 1.93. The van der Waals surface area contributed by atoms with Crippen LogP contribution in [0.2, 0.25) is 0 Å². The maximum Gasteiger partial charge on any atom is 0.408 e. The highest BCUT2D eigenvalue weighted by Gasteiger charge is 2.32. The third-order valence-corrected chi connectivity index (χ3v) is 4.40. The number of benzene rings is 1. The average Bonchev–Trinajstić information content (AvgIpc) is 2.73. The van der Waals surface area contributed by atoms with Gasteiger partial charge in [-0.1, -0.05) is 0 Å². The minimum atomic E-state index is -1.64. The molecule has 0 bridgehead atoms. The highest BCUT2D eigenvalue weighted by molar-refractivity contribution is 5.85. The van der Waals surface area contributed by atoms with Crippen molar-refractivity contribution in [3.8, 4) is 17.2 Å². The number of ether oxygens (including phenoxy) is 5. The lowest BCUT2D eigenvalue weighted by atomic mass is 10.1. The van der Waals surface area contributed by atoms with E-state index in [2.05, 4.69) is 10.6 Å². The second kappa shape index (κ2) is 12.5. The standard InChI is InChI=1S/C24H38N2O9/c1-23(2,3)34-21(29)16(26-22(30)35-24(4,5)6)12-17(27)20(28)25-13-15-18(32-8)10-14(31-7)11-19(15)33-9/h10-11,16-17,27H,12-13H2,1-9H3,(H,25,28)(H,26,30). The molecule has 0 aliphatic rings. The molecule has 0 aliphatic heterocycles. The highest BCUT2D eigenvalue weighted by atomic mass is 16.6. The molecule has 1 aromatic carbocycles. The molecule has 1 rings (SSSR count). The van der Waals surface area contributed by atoms with Crippen molar-refractivity contribution in [3.63, 3.8) is 0 Å². The zero-order valence-corrected chi connectivity index (χ0v) is 21.9. The number of hydrogen-bond donors (Lipinski definition) is 3. The fourth-order valence-electron chi connectivity index (χ4n) is 2.91. The van der Waals surface area contributed by atoms with Gasteiger partial charge in [-0.2, -0.15) is 0 Å². The van der Waals surface area contributed by atoms with Crippen molar-refractivity contribution < 1.29 is 43.2 Å². The van der Waals surface area contributed by atoms with E-state index < -0.39 is 47.7 Å². The van der Waals surface area contributed by atoms with Gasteiger partial charge in [-0.25, -0.2) is 9.59 Å². The van der Waals surface area contributed by atoms with Gasteiger partial charge in [-0.3, -0.25) is 4.79 Å². The Hall–Kier alpha value is -3.21. The first kappa shape index (κ1) is 29.8. The van der Waals surface area contributed by atoms with E-state index in [1.165, 1.54) is 21.3 Å². The van der Waals surface area contributed by atoms with E-state index in [1.54, 1.807) is 53.7 Å². The van der Waals surface area contributed by atoms with E-state index in [4.69, 9.17) is 23.7 Å². The molecule has 0 fully saturated rings. The first-order chi connectivity index (χ1) is 16.1. The van der Waals surface area contributed by atoms with Gasteiger partial charge in [-0.05, 0) is 41.5 Å². The summed E-state index contributed by atoms with van der Waals surface area (Å²) in [5.41, 5.74) is -1.14. The summed E-state index contributed by atoms with van der Waals surface area (Å²) >= 11 is 0. The molecule has 0 spiro atoms. The quantitative estimate of drug-likeness (QED) is 0.414. The second-order valence-corrected chi connectivity index (χ2v) is 9.71.